The summed E-state index contributed by atoms with van der Waals surface area (Å²) in [5, 5.41) is 0.220. The van der Waals surface area contributed by atoms with Crippen LogP contribution in [-0.2, 0) is 14.4 Å². The van der Waals surface area contributed by atoms with E-state index in [0.29, 0.717) is 36.4 Å². The zero-order valence-corrected chi connectivity index (χ0v) is 18.3. The Morgan fingerprint density at radius 3 is 2.55 bits per heavy atom. The summed E-state index contributed by atoms with van der Waals surface area (Å²) in [6, 6.07) is 6.42. The molecule has 2 saturated heterocycles. The Morgan fingerprint density at radius 1 is 1.13 bits per heavy atom. The highest BCUT2D eigenvalue weighted by molar-refractivity contribution is 8.04. The van der Waals surface area contributed by atoms with E-state index in [9.17, 15) is 18.8 Å². The summed E-state index contributed by atoms with van der Waals surface area (Å²) in [6.07, 6.45) is 6.74. The first-order valence-electron chi connectivity index (χ1n) is 10.9. The number of carbonyl (C=O) groups excluding carboxylic acids is 3. The summed E-state index contributed by atoms with van der Waals surface area (Å²) >= 11 is 1.52. The molecule has 8 heteroatoms. The molecule has 1 aliphatic carbocycles. The molecule has 3 amide bonds. The van der Waals surface area contributed by atoms with Gasteiger partial charge in [0.15, 0.2) is 0 Å². The first-order valence-corrected chi connectivity index (χ1v) is 11.8. The monoisotopic (exact) mass is 445 g/mol. The van der Waals surface area contributed by atoms with Gasteiger partial charge in [-0.2, -0.15) is 0 Å². The minimum atomic E-state index is -0.367. The quantitative estimate of drug-likeness (QED) is 0.723. The van der Waals surface area contributed by atoms with Crippen LogP contribution in [0.1, 0.15) is 44.1 Å². The third-order valence-electron chi connectivity index (χ3n) is 6.57. The number of amides is 3. The van der Waals surface area contributed by atoms with Gasteiger partial charge in [-0.25, -0.2) is 4.39 Å². The van der Waals surface area contributed by atoms with E-state index in [1.807, 2.05) is 0 Å². The van der Waals surface area contributed by atoms with Crippen LogP contribution in [0.2, 0.25) is 0 Å². The second kappa shape index (κ2) is 9.42. The van der Waals surface area contributed by atoms with Gasteiger partial charge < -0.3 is 15.5 Å². The number of primary amides is 1. The predicted octanol–water partition coefficient (Wildman–Crippen LogP) is 2.78. The standard InChI is InChI=1S/C23H28FN3O3S/c24-17-6-2-1-5-16(17)13-20-23(30)27(18-7-3-4-8-19(18)31-20)14-21(28)26-11-9-15(10-12-26)22(25)29/h1-2,5-6,13,15,18-19H,3-4,7-12,14H2,(H2,25,29)/b20-13-. The summed E-state index contributed by atoms with van der Waals surface area (Å²) in [5.74, 6) is -1.16. The van der Waals surface area contributed by atoms with Gasteiger partial charge in [0.25, 0.3) is 5.91 Å². The lowest BCUT2D eigenvalue weighted by molar-refractivity contribution is -0.142. The van der Waals surface area contributed by atoms with E-state index in [0.717, 1.165) is 25.7 Å². The fourth-order valence-corrected chi connectivity index (χ4v) is 6.22. The molecule has 1 aromatic carbocycles. The molecule has 0 aromatic heterocycles. The Balaban J connectivity index is 1.52. The Labute approximate surface area is 186 Å². The largest absolute Gasteiger partial charge is 0.369 e. The van der Waals surface area contributed by atoms with Gasteiger partial charge in [0.05, 0.1) is 4.91 Å². The molecule has 2 atom stereocenters. The van der Waals surface area contributed by atoms with Gasteiger partial charge in [0.1, 0.15) is 12.4 Å². The van der Waals surface area contributed by atoms with Crippen molar-refractivity contribution in [2.45, 2.75) is 49.8 Å². The lowest BCUT2D eigenvalue weighted by Crippen LogP contribution is -2.55. The summed E-state index contributed by atoms with van der Waals surface area (Å²) in [4.78, 5) is 41.7. The number of nitrogens with two attached hydrogens (primary N) is 1. The Bertz CT molecular complexity index is 898. The van der Waals surface area contributed by atoms with E-state index in [2.05, 4.69) is 0 Å². The number of hydrogen-bond acceptors (Lipinski definition) is 4. The molecule has 31 heavy (non-hydrogen) atoms. The van der Waals surface area contributed by atoms with Crippen LogP contribution >= 0.6 is 11.8 Å². The number of hydrogen-bond donors (Lipinski definition) is 1. The highest BCUT2D eigenvalue weighted by Gasteiger charge is 2.42. The van der Waals surface area contributed by atoms with Crippen molar-refractivity contribution in [2.24, 2.45) is 11.7 Å². The van der Waals surface area contributed by atoms with Gasteiger partial charge in [-0.1, -0.05) is 31.0 Å². The Hall–Kier alpha value is -2.35. The molecular weight excluding hydrogens is 417 g/mol. The number of piperidine rings is 1. The number of thioether (sulfide) groups is 1. The van der Waals surface area contributed by atoms with Crippen LogP contribution < -0.4 is 5.73 Å². The third-order valence-corrected chi connectivity index (χ3v) is 7.96. The SMILES string of the molecule is NC(=O)C1CCN(C(=O)CN2C(=O)/C(=C/c3ccccc3F)SC3CCCCC32)CC1. The molecule has 1 aromatic rings. The molecule has 3 aliphatic rings. The predicted molar refractivity (Wildman–Crippen MR) is 118 cm³/mol. The number of benzene rings is 1. The summed E-state index contributed by atoms with van der Waals surface area (Å²) < 4.78 is 14.2. The summed E-state index contributed by atoms with van der Waals surface area (Å²) in [6.45, 7) is 0.987. The van der Waals surface area contributed by atoms with Crippen LogP contribution in [0.3, 0.4) is 0 Å². The van der Waals surface area contributed by atoms with Crippen molar-refractivity contribution >= 4 is 35.6 Å². The minimum absolute atomic E-state index is 0.0242. The van der Waals surface area contributed by atoms with Gasteiger partial charge in [0, 0.05) is 35.9 Å². The molecule has 6 nitrogen and oxygen atoms in total. The van der Waals surface area contributed by atoms with E-state index < -0.39 is 0 Å². The number of fused-ring (bicyclic) bond motifs is 1. The van der Waals surface area contributed by atoms with Crippen LogP contribution in [0, 0.1) is 11.7 Å². The van der Waals surface area contributed by atoms with Crippen molar-refractivity contribution in [2.75, 3.05) is 19.6 Å². The summed E-state index contributed by atoms with van der Waals surface area (Å²) in [7, 11) is 0. The maximum atomic E-state index is 14.2. The van der Waals surface area contributed by atoms with Crippen LogP contribution in [0.4, 0.5) is 4.39 Å². The van der Waals surface area contributed by atoms with Gasteiger partial charge in [-0.15, -0.1) is 11.8 Å². The second-order valence-corrected chi connectivity index (χ2v) is 9.81. The highest BCUT2D eigenvalue weighted by Crippen LogP contribution is 2.42. The number of likely N-dealkylation sites (tertiary alicyclic amines) is 1. The van der Waals surface area contributed by atoms with Crippen LogP contribution in [0.15, 0.2) is 29.2 Å². The number of rotatable bonds is 4. The van der Waals surface area contributed by atoms with Crippen molar-refractivity contribution in [1.82, 2.24) is 9.80 Å². The van der Waals surface area contributed by atoms with Gasteiger partial charge in [0.2, 0.25) is 11.8 Å². The first-order chi connectivity index (χ1) is 14.9. The Morgan fingerprint density at radius 2 is 1.84 bits per heavy atom. The van der Waals surface area contributed by atoms with Gasteiger partial charge in [-0.05, 0) is 37.8 Å². The molecular formula is C23H28FN3O3S. The van der Waals surface area contributed by atoms with Crippen molar-refractivity contribution in [3.63, 3.8) is 0 Å². The molecule has 2 unspecified atom stereocenters. The fraction of sp³-hybridized carbons (Fsp3) is 0.522. The lowest BCUT2D eigenvalue weighted by Gasteiger charge is -2.44. The topological polar surface area (TPSA) is 83.7 Å². The molecule has 2 heterocycles. The van der Waals surface area contributed by atoms with E-state index in [4.69, 9.17) is 5.73 Å². The average Bonchev–Trinajstić information content (AvgIpc) is 2.78. The van der Waals surface area contributed by atoms with Gasteiger partial charge >= 0.3 is 0 Å². The number of halogens is 1. The number of carbonyl (C=O) groups is 3. The Kier molecular flexibility index (Phi) is 6.65. The molecule has 4 rings (SSSR count). The lowest BCUT2D eigenvalue weighted by atomic mass is 9.92. The van der Waals surface area contributed by atoms with E-state index in [1.54, 1.807) is 34.1 Å². The van der Waals surface area contributed by atoms with Crippen molar-refractivity contribution in [1.29, 1.82) is 0 Å². The smallest absolute Gasteiger partial charge is 0.261 e. The van der Waals surface area contributed by atoms with Crippen LogP contribution in [0.25, 0.3) is 6.08 Å². The highest BCUT2D eigenvalue weighted by atomic mass is 32.2. The molecule has 2 aliphatic heterocycles. The van der Waals surface area contributed by atoms with E-state index in [-0.39, 0.29) is 47.3 Å². The molecule has 166 valence electrons. The molecule has 0 spiro atoms. The summed E-state index contributed by atoms with van der Waals surface area (Å²) in [5.41, 5.74) is 5.77. The molecule has 0 bridgehead atoms. The molecule has 1 saturated carbocycles. The van der Waals surface area contributed by atoms with E-state index >= 15 is 0 Å². The zero-order chi connectivity index (χ0) is 22.0. The molecule has 3 fully saturated rings. The average molecular weight is 446 g/mol. The first kappa shape index (κ1) is 21.9. The third kappa shape index (κ3) is 4.79. The zero-order valence-electron chi connectivity index (χ0n) is 17.5. The van der Waals surface area contributed by atoms with E-state index in [1.165, 1.54) is 17.8 Å². The van der Waals surface area contributed by atoms with Crippen LogP contribution in [-0.4, -0.2) is 58.4 Å². The minimum Gasteiger partial charge on any atom is -0.369 e. The molecule has 2 N–H and O–H groups in total. The second-order valence-electron chi connectivity index (χ2n) is 8.53. The van der Waals surface area contributed by atoms with Crippen molar-refractivity contribution < 1.29 is 18.8 Å². The normalized spacial score (nSPS) is 26.1. The van der Waals surface area contributed by atoms with Gasteiger partial charge in [-0.3, -0.25) is 14.4 Å². The number of nitrogens with zero attached hydrogens (tertiary/aromatic N) is 2. The fourth-order valence-electron chi connectivity index (χ4n) is 4.75. The van der Waals surface area contributed by atoms with Crippen molar-refractivity contribution in [3.05, 3.63) is 40.6 Å². The molecule has 0 radical (unpaired) electrons. The maximum Gasteiger partial charge on any atom is 0.261 e. The maximum absolute atomic E-state index is 14.2. The van der Waals surface area contributed by atoms with Crippen LogP contribution in [0.5, 0.6) is 0 Å². The van der Waals surface area contributed by atoms with Crippen molar-refractivity contribution in [3.8, 4) is 0 Å².